The molecule has 0 N–H and O–H groups in total. The molecule has 0 unspecified atom stereocenters. The van der Waals surface area contributed by atoms with Gasteiger partial charge >= 0.3 is 0 Å². The molecule has 5 aromatic carbocycles. The molecule has 166 valence electrons. The van der Waals surface area contributed by atoms with Crippen LogP contribution in [0.3, 0.4) is 0 Å². The molecule has 0 saturated heterocycles. The summed E-state index contributed by atoms with van der Waals surface area (Å²) in [5.74, 6) is 0. The van der Waals surface area contributed by atoms with E-state index >= 15 is 0 Å². The maximum atomic E-state index is 5.03. The van der Waals surface area contributed by atoms with Crippen molar-refractivity contribution in [1.82, 2.24) is 4.98 Å². The summed E-state index contributed by atoms with van der Waals surface area (Å²) < 4.78 is 0. The molecule has 1 heterocycles. The standard InChI is InChI=1S/C34H25N/c1-20-19-35-34(30-16-15-28-27-8-3-2-5-21(27)13-14-29(28)31(20)30)26-17-24-11-9-22-6-4-7-23-10-12-25(18-26)33(24)32(22)23/h2-8,13-19H,9-12H2,1H3. The van der Waals surface area contributed by atoms with Crippen LogP contribution in [0.25, 0.3) is 54.7 Å². The van der Waals surface area contributed by atoms with Crippen LogP contribution in [0.1, 0.15) is 27.8 Å². The minimum atomic E-state index is 1.12. The summed E-state index contributed by atoms with van der Waals surface area (Å²) in [6, 6.07) is 29.6. The number of rotatable bonds is 1. The highest BCUT2D eigenvalue weighted by atomic mass is 14.7. The summed E-state index contributed by atoms with van der Waals surface area (Å²) in [4.78, 5) is 5.03. The Morgan fingerprint density at radius 2 is 1.23 bits per heavy atom. The van der Waals surface area contributed by atoms with E-state index in [4.69, 9.17) is 4.98 Å². The topological polar surface area (TPSA) is 12.9 Å². The van der Waals surface area contributed by atoms with Gasteiger partial charge in [0.25, 0.3) is 0 Å². The molecule has 0 atom stereocenters. The van der Waals surface area contributed by atoms with Crippen molar-refractivity contribution < 1.29 is 0 Å². The molecule has 0 fully saturated rings. The predicted molar refractivity (Wildman–Crippen MR) is 147 cm³/mol. The first-order chi connectivity index (χ1) is 17.3. The second kappa shape index (κ2) is 7.02. The minimum Gasteiger partial charge on any atom is -0.255 e. The fraction of sp³-hybridized carbons (Fsp3) is 0.147. The lowest BCUT2D eigenvalue weighted by atomic mass is 9.74. The van der Waals surface area contributed by atoms with Crippen molar-refractivity contribution in [2.24, 2.45) is 0 Å². The molecule has 8 rings (SSSR count). The summed E-state index contributed by atoms with van der Waals surface area (Å²) >= 11 is 0. The third-order valence-corrected chi connectivity index (χ3v) is 8.35. The largest absolute Gasteiger partial charge is 0.255 e. The molecular formula is C34H25N. The lowest BCUT2D eigenvalue weighted by Crippen LogP contribution is -2.14. The molecule has 0 bridgehead atoms. The number of hydrogen-bond donors (Lipinski definition) is 0. The molecule has 2 aliphatic carbocycles. The maximum Gasteiger partial charge on any atom is 0.0780 e. The summed E-state index contributed by atoms with van der Waals surface area (Å²) in [6.07, 6.45) is 6.58. The quantitative estimate of drug-likeness (QED) is 0.231. The SMILES string of the molecule is Cc1cnc(-c2cc3c4c(c2)CCc2cccc(c2-4)CC3)c2ccc3c4ccccc4ccc3c12. The minimum absolute atomic E-state index is 1.12. The summed E-state index contributed by atoms with van der Waals surface area (Å²) in [6.45, 7) is 2.20. The van der Waals surface area contributed by atoms with Gasteiger partial charge in [-0.15, -0.1) is 0 Å². The number of hydrogen-bond acceptors (Lipinski definition) is 1. The van der Waals surface area contributed by atoms with Crippen LogP contribution in [0.4, 0.5) is 0 Å². The van der Waals surface area contributed by atoms with Crippen molar-refractivity contribution >= 4 is 32.3 Å². The molecule has 0 saturated carbocycles. The van der Waals surface area contributed by atoms with E-state index in [2.05, 4.69) is 92.0 Å². The van der Waals surface area contributed by atoms with Crippen molar-refractivity contribution in [3.8, 4) is 22.4 Å². The number of nitrogens with zero attached hydrogens (tertiary/aromatic N) is 1. The first-order valence-electron chi connectivity index (χ1n) is 12.7. The van der Waals surface area contributed by atoms with Gasteiger partial charge in [-0.2, -0.15) is 0 Å². The summed E-state index contributed by atoms with van der Waals surface area (Å²) in [5.41, 5.74) is 12.7. The Kier molecular flexibility index (Phi) is 3.88. The normalized spacial score (nSPS) is 14.0. The van der Waals surface area contributed by atoms with E-state index in [1.54, 1.807) is 0 Å². The number of aromatic nitrogens is 1. The van der Waals surface area contributed by atoms with E-state index in [1.165, 1.54) is 76.8 Å². The van der Waals surface area contributed by atoms with Crippen molar-refractivity contribution in [3.05, 3.63) is 113 Å². The van der Waals surface area contributed by atoms with Gasteiger partial charge in [-0.25, -0.2) is 0 Å². The first kappa shape index (κ1) is 19.3. The third kappa shape index (κ3) is 2.67. The van der Waals surface area contributed by atoms with Crippen LogP contribution in [-0.2, 0) is 25.7 Å². The molecule has 0 radical (unpaired) electrons. The number of pyridine rings is 1. The lowest BCUT2D eigenvalue weighted by molar-refractivity contribution is 0.877. The fourth-order valence-corrected chi connectivity index (χ4v) is 6.79. The third-order valence-electron chi connectivity index (χ3n) is 8.35. The molecule has 2 aliphatic rings. The molecule has 0 spiro atoms. The Hall–Kier alpha value is -3.97. The fourth-order valence-electron chi connectivity index (χ4n) is 6.79. The van der Waals surface area contributed by atoms with Crippen molar-refractivity contribution in [1.29, 1.82) is 0 Å². The molecule has 1 aromatic heterocycles. The Labute approximate surface area is 205 Å². The van der Waals surface area contributed by atoms with Gasteiger partial charge in [-0.05, 0) is 111 Å². The molecule has 6 aromatic rings. The van der Waals surface area contributed by atoms with Crippen LogP contribution in [0.2, 0.25) is 0 Å². The Morgan fingerprint density at radius 1 is 0.571 bits per heavy atom. The Bertz CT molecular complexity index is 1810. The van der Waals surface area contributed by atoms with Crippen molar-refractivity contribution in [2.45, 2.75) is 32.6 Å². The lowest BCUT2D eigenvalue weighted by Gasteiger charge is -2.30. The summed E-state index contributed by atoms with van der Waals surface area (Å²) in [5, 5.41) is 7.84. The van der Waals surface area contributed by atoms with Crippen LogP contribution in [-0.4, -0.2) is 4.98 Å². The van der Waals surface area contributed by atoms with Gasteiger partial charge in [0.05, 0.1) is 5.69 Å². The zero-order valence-corrected chi connectivity index (χ0v) is 19.9. The van der Waals surface area contributed by atoms with Gasteiger partial charge in [0.15, 0.2) is 0 Å². The monoisotopic (exact) mass is 447 g/mol. The maximum absolute atomic E-state index is 5.03. The highest BCUT2D eigenvalue weighted by molar-refractivity contribution is 6.19. The summed E-state index contributed by atoms with van der Waals surface area (Å²) in [7, 11) is 0. The van der Waals surface area contributed by atoms with Crippen LogP contribution in [0.15, 0.2) is 85.1 Å². The molecular weight excluding hydrogens is 422 g/mol. The Balaban J connectivity index is 1.40. The van der Waals surface area contributed by atoms with E-state index in [0.717, 1.165) is 31.4 Å². The van der Waals surface area contributed by atoms with Crippen LogP contribution in [0.5, 0.6) is 0 Å². The molecule has 0 amide bonds. The van der Waals surface area contributed by atoms with Gasteiger partial charge in [0.2, 0.25) is 0 Å². The van der Waals surface area contributed by atoms with Gasteiger partial charge in [0.1, 0.15) is 0 Å². The highest BCUT2D eigenvalue weighted by Gasteiger charge is 2.26. The first-order valence-corrected chi connectivity index (χ1v) is 12.7. The number of aryl methyl sites for hydroxylation is 5. The molecule has 0 aliphatic heterocycles. The van der Waals surface area contributed by atoms with Gasteiger partial charge in [0, 0.05) is 17.1 Å². The number of fused-ring (bicyclic) bond motifs is 5. The van der Waals surface area contributed by atoms with Gasteiger partial charge in [-0.3, -0.25) is 4.98 Å². The molecule has 1 nitrogen and oxygen atoms in total. The number of benzene rings is 5. The van der Waals surface area contributed by atoms with Crippen LogP contribution < -0.4 is 0 Å². The predicted octanol–water partition coefficient (Wildman–Crippen LogP) is 8.38. The van der Waals surface area contributed by atoms with Crippen molar-refractivity contribution in [2.75, 3.05) is 0 Å². The average Bonchev–Trinajstić information content (AvgIpc) is 2.91. The van der Waals surface area contributed by atoms with E-state index in [-0.39, 0.29) is 0 Å². The molecule has 1 heteroatoms. The van der Waals surface area contributed by atoms with E-state index in [1.807, 2.05) is 0 Å². The Morgan fingerprint density at radius 3 is 2.03 bits per heavy atom. The zero-order chi connectivity index (χ0) is 23.1. The second-order valence-electron chi connectivity index (χ2n) is 10.3. The van der Waals surface area contributed by atoms with E-state index < -0.39 is 0 Å². The van der Waals surface area contributed by atoms with Crippen molar-refractivity contribution in [3.63, 3.8) is 0 Å². The highest BCUT2D eigenvalue weighted by Crippen LogP contribution is 2.45. The van der Waals surface area contributed by atoms with Crippen LogP contribution in [0, 0.1) is 6.92 Å². The van der Waals surface area contributed by atoms with E-state index in [9.17, 15) is 0 Å². The zero-order valence-electron chi connectivity index (χ0n) is 19.9. The smallest absolute Gasteiger partial charge is 0.0780 e. The molecule has 35 heavy (non-hydrogen) atoms. The van der Waals surface area contributed by atoms with Crippen LogP contribution >= 0.6 is 0 Å². The van der Waals surface area contributed by atoms with E-state index in [0.29, 0.717) is 0 Å². The second-order valence-corrected chi connectivity index (χ2v) is 10.3. The van der Waals surface area contributed by atoms with Gasteiger partial charge < -0.3 is 0 Å². The average molecular weight is 448 g/mol. The van der Waals surface area contributed by atoms with Gasteiger partial charge in [-0.1, -0.05) is 66.7 Å².